The van der Waals surface area contributed by atoms with Crippen molar-refractivity contribution >= 4 is 12.2 Å². The number of aliphatic hydroxyl groups is 2. The molecule has 4 rings (SSSR count). The van der Waals surface area contributed by atoms with Crippen LogP contribution in [0.3, 0.4) is 0 Å². The second kappa shape index (κ2) is 18.5. The number of nitrogens with zero attached hydrogens (tertiary/aromatic N) is 4. The third-order valence-electron chi connectivity index (χ3n) is 9.58. The average Bonchev–Trinajstić information content (AvgIpc) is 3.77. The number of rotatable bonds is 8. The first-order valence-corrected chi connectivity index (χ1v) is 18.5. The van der Waals surface area contributed by atoms with Gasteiger partial charge in [0, 0.05) is 39.3 Å². The number of carbonyl (C=O) groups is 2. The molecule has 1 spiro atoms. The number of ether oxygens (including phenoxy) is 3. The number of epoxide rings is 1. The van der Waals surface area contributed by atoms with Crippen molar-refractivity contribution in [3.8, 4) is 0 Å². The SMILES string of the molecule is CC(C)(C)OC(=O)N1CCC2(CC1)CO2.CCN(CC)CC1(O)CCN(C(=O)OC(C)(C)C)CC1.CCN(CC)CC1(O)CCNCC1. The van der Waals surface area contributed by atoms with Crippen molar-refractivity contribution in [2.45, 2.75) is 136 Å². The molecular weight excluding hydrogens is 614 g/mol. The molecule has 4 fully saturated rings. The Morgan fingerprint density at radius 1 is 0.667 bits per heavy atom. The first-order valence-electron chi connectivity index (χ1n) is 18.5. The molecular formula is C36H71N5O7. The molecule has 4 saturated heterocycles. The Bertz CT molecular complexity index is 947. The molecule has 12 heteroatoms. The van der Waals surface area contributed by atoms with Crippen molar-refractivity contribution in [2.24, 2.45) is 0 Å². The molecule has 0 atom stereocenters. The first-order chi connectivity index (χ1) is 22.3. The summed E-state index contributed by atoms with van der Waals surface area (Å²) in [4.78, 5) is 31.7. The number of likely N-dealkylation sites (tertiary alicyclic amines) is 2. The third-order valence-corrected chi connectivity index (χ3v) is 9.58. The molecule has 0 bridgehead atoms. The number of likely N-dealkylation sites (N-methyl/N-ethyl adjacent to an activating group) is 2. The Labute approximate surface area is 291 Å². The maximum Gasteiger partial charge on any atom is 0.410 e. The summed E-state index contributed by atoms with van der Waals surface area (Å²) < 4.78 is 16.1. The van der Waals surface area contributed by atoms with Gasteiger partial charge in [0.2, 0.25) is 0 Å². The zero-order chi connectivity index (χ0) is 36.2. The van der Waals surface area contributed by atoms with Crippen LogP contribution in [-0.2, 0) is 14.2 Å². The lowest BCUT2D eigenvalue weighted by Gasteiger charge is -2.40. The quantitative estimate of drug-likeness (QED) is 0.318. The van der Waals surface area contributed by atoms with Crippen molar-refractivity contribution in [1.29, 1.82) is 0 Å². The number of hydrogen-bond donors (Lipinski definition) is 3. The van der Waals surface area contributed by atoms with Gasteiger partial charge < -0.3 is 49.3 Å². The molecule has 282 valence electrons. The van der Waals surface area contributed by atoms with Gasteiger partial charge in [-0.05, 0) is 119 Å². The fourth-order valence-corrected chi connectivity index (χ4v) is 6.18. The zero-order valence-corrected chi connectivity index (χ0v) is 32.2. The minimum atomic E-state index is -0.676. The van der Waals surface area contributed by atoms with Gasteiger partial charge in [0.15, 0.2) is 0 Å². The van der Waals surface area contributed by atoms with Crippen molar-refractivity contribution in [3.05, 3.63) is 0 Å². The van der Waals surface area contributed by atoms with Gasteiger partial charge in [-0.15, -0.1) is 0 Å². The van der Waals surface area contributed by atoms with Crippen molar-refractivity contribution < 1.29 is 34.0 Å². The van der Waals surface area contributed by atoms with Crippen molar-refractivity contribution in [1.82, 2.24) is 24.9 Å². The van der Waals surface area contributed by atoms with E-state index >= 15 is 0 Å². The van der Waals surface area contributed by atoms with Gasteiger partial charge in [0.1, 0.15) is 11.2 Å². The lowest BCUT2D eigenvalue weighted by atomic mass is 9.91. The average molecular weight is 686 g/mol. The van der Waals surface area contributed by atoms with E-state index < -0.39 is 22.4 Å². The van der Waals surface area contributed by atoms with Gasteiger partial charge in [-0.25, -0.2) is 9.59 Å². The van der Waals surface area contributed by atoms with Crippen LogP contribution >= 0.6 is 0 Å². The molecule has 4 heterocycles. The number of amides is 2. The van der Waals surface area contributed by atoms with E-state index in [1.165, 1.54) is 0 Å². The summed E-state index contributed by atoms with van der Waals surface area (Å²) in [6.07, 6.45) is 4.44. The molecule has 12 nitrogen and oxygen atoms in total. The topological polar surface area (TPSA) is 131 Å². The van der Waals surface area contributed by atoms with Gasteiger partial charge in [0.05, 0.1) is 23.4 Å². The summed E-state index contributed by atoms with van der Waals surface area (Å²) in [5.41, 5.74) is -1.85. The van der Waals surface area contributed by atoms with Crippen LogP contribution in [0.1, 0.15) is 108 Å². The Morgan fingerprint density at radius 3 is 1.31 bits per heavy atom. The molecule has 4 aliphatic heterocycles. The Balaban J connectivity index is 0.000000257. The highest BCUT2D eigenvalue weighted by Gasteiger charge is 2.47. The van der Waals surface area contributed by atoms with Crippen LogP contribution in [0.4, 0.5) is 9.59 Å². The molecule has 48 heavy (non-hydrogen) atoms. The summed E-state index contributed by atoms with van der Waals surface area (Å²) in [6.45, 7) is 30.6. The van der Waals surface area contributed by atoms with Crippen LogP contribution in [0.25, 0.3) is 0 Å². The second-order valence-electron chi connectivity index (χ2n) is 16.0. The highest BCUT2D eigenvalue weighted by molar-refractivity contribution is 5.68. The predicted octanol–water partition coefficient (Wildman–Crippen LogP) is 4.32. The van der Waals surface area contributed by atoms with Crippen molar-refractivity contribution in [2.75, 3.05) is 85.1 Å². The fourth-order valence-electron chi connectivity index (χ4n) is 6.18. The maximum atomic E-state index is 12.0. The molecule has 3 N–H and O–H groups in total. The van der Waals surface area contributed by atoms with E-state index in [-0.39, 0.29) is 17.8 Å². The molecule has 0 radical (unpaired) electrons. The standard InChI is InChI=1S/C15H30N2O3.C11H19NO3.C10H22N2O/c1-6-16(7-2)12-15(19)8-10-17(11-9-15)13(18)20-14(3,4)5;1-10(2,3)15-9(13)12-6-4-11(5-7-12)8-14-11;1-3-12(4-2)9-10(13)5-7-11-8-6-10/h19H,6-12H2,1-5H3;4-8H2,1-3H3;11,13H,3-9H2,1-2H3. The van der Waals surface area contributed by atoms with E-state index in [1.54, 1.807) is 9.80 Å². The van der Waals surface area contributed by atoms with Gasteiger partial charge in [-0.1, -0.05) is 27.7 Å². The predicted molar refractivity (Wildman–Crippen MR) is 190 cm³/mol. The van der Waals surface area contributed by atoms with E-state index in [9.17, 15) is 19.8 Å². The normalized spacial score (nSPS) is 21.5. The fraction of sp³-hybridized carbons (Fsp3) is 0.944. The highest BCUT2D eigenvalue weighted by atomic mass is 16.6. The van der Waals surface area contributed by atoms with Crippen LogP contribution in [0.5, 0.6) is 0 Å². The Kier molecular flexibility index (Phi) is 16.4. The smallest absolute Gasteiger partial charge is 0.410 e. The monoisotopic (exact) mass is 686 g/mol. The molecule has 0 aromatic heterocycles. The van der Waals surface area contributed by atoms with Crippen LogP contribution < -0.4 is 5.32 Å². The second-order valence-corrected chi connectivity index (χ2v) is 16.0. The minimum Gasteiger partial charge on any atom is -0.444 e. The summed E-state index contributed by atoms with van der Waals surface area (Å²) in [5.74, 6) is 0. The van der Waals surface area contributed by atoms with Gasteiger partial charge in [-0.3, -0.25) is 0 Å². The minimum absolute atomic E-state index is 0.124. The number of piperidine rings is 3. The van der Waals surface area contributed by atoms with E-state index in [1.807, 2.05) is 41.5 Å². The summed E-state index contributed by atoms with van der Waals surface area (Å²) in [5, 5.41) is 24.1. The Hall–Kier alpha value is -1.70. The zero-order valence-electron chi connectivity index (χ0n) is 32.2. The summed E-state index contributed by atoms with van der Waals surface area (Å²) in [7, 11) is 0. The van der Waals surface area contributed by atoms with E-state index in [4.69, 9.17) is 14.2 Å². The molecule has 4 aliphatic rings. The lowest BCUT2D eigenvalue weighted by molar-refractivity contribution is -0.0488. The molecule has 2 amide bonds. The van der Waals surface area contributed by atoms with E-state index in [2.05, 4.69) is 42.8 Å². The number of nitrogens with one attached hydrogen (secondary N) is 1. The molecule has 0 aliphatic carbocycles. The first kappa shape index (κ1) is 42.5. The van der Waals surface area contributed by atoms with Crippen molar-refractivity contribution in [3.63, 3.8) is 0 Å². The molecule has 0 unspecified atom stereocenters. The highest BCUT2D eigenvalue weighted by Crippen LogP contribution is 2.38. The molecule has 0 aromatic rings. The van der Waals surface area contributed by atoms with Crippen LogP contribution in [0, 0.1) is 0 Å². The molecule has 0 aromatic carbocycles. The summed E-state index contributed by atoms with van der Waals surface area (Å²) in [6, 6.07) is 0. The third kappa shape index (κ3) is 15.5. The molecule has 0 saturated carbocycles. The largest absolute Gasteiger partial charge is 0.444 e. The summed E-state index contributed by atoms with van der Waals surface area (Å²) >= 11 is 0. The van der Waals surface area contributed by atoms with E-state index in [0.717, 1.165) is 91.2 Å². The van der Waals surface area contributed by atoms with E-state index in [0.29, 0.717) is 32.5 Å². The Morgan fingerprint density at radius 2 is 1.00 bits per heavy atom. The van der Waals surface area contributed by atoms with Crippen LogP contribution in [0.2, 0.25) is 0 Å². The number of carbonyl (C=O) groups excluding carboxylic acids is 2. The van der Waals surface area contributed by atoms with Gasteiger partial charge >= 0.3 is 12.2 Å². The van der Waals surface area contributed by atoms with Gasteiger partial charge in [-0.2, -0.15) is 0 Å². The number of hydrogen-bond acceptors (Lipinski definition) is 10. The van der Waals surface area contributed by atoms with Crippen LogP contribution in [0.15, 0.2) is 0 Å². The maximum absolute atomic E-state index is 12.0. The van der Waals surface area contributed by atoms with Crippen LogP contribution in [-0.4, -0.2) is 155 Å². The van der Waals surface area contributed by atoms with Gasteiger partial charge in [0.25, 0.3) is 0 Å². The lowest BCUT2D eigenvalue weighted by Crippen LogP contribution is -2.52.